The molecule has 1 unspecified atom stereocenters. The monoisotopic (exact) mass is 410 g/mol. The van der Waals surface area contributed by atoms with Gasteiger partial charge in [0.2, 0.25) is 0 Å². The molecule has 29 heavy (non-hydrogen) atoms. The zero-order valence-electron chi connectivity index (χ0n) is 16.1. The van der Waals surface area contributed by atoms with E-state index in [0.717, 1.165) is 20.8 Å². The fourth-order valence-corrected chi connectivity index (χ4v) is 2.83. The Bertz CT molecular complexity index is 747. The van der Waals surface area contributed by atoms with Gasteiger partial charge in [-0.2, -0.15) is 0 Å². The Labute approximate surface area is 166 Å². The Hall–Kier alpha value is -2.98. The predicted molar refractivity (Wildman–Crippen MR) is 94.3 cm³/mol. The van der Waals surface area contributed by atoms with Crippen molar-refractivity contribution >= 4 is 23.9 Å². The van der Waals surface area contributed by atoms with Crippen LogP contribution in [0.3, 0.4) is 0 Å². The Morgan fingerprint density at radius 3 is 2.10 bits per heavy atom. The van der Waals surface area contributed by atoms with E-state index in [0.29, 0.717) is 0 Å². The lowest BCUT2D eigenvalue weighted by Crippen LogP contribution is -2.46. The number of aliphatic hydroxyl groups is 1. The third-order valence-corrected chi connectivity index (χ3v) is 3.90. The molecule has 5 atom stereocenters. The lowest BCUT2D eigenvalue weighted by molar-refractivity contribution is -0.181. The highest BCUT2D eigenvalue weighted by molar-refractivity contribution is 5.89. The van der Waals surface area contributed by atoms with Crippen LogP contribution in [0.4, 0.5) is 0 Å². The number of esters is 4. The first-order chi connectivity index (χ1) is 13.7. The number of carbonyl (C=O) groups is 4. The summed E-state index contributed by atoms with van der Waals surface area (Å²) in [6, 6.07) is 8.11. The van der Waals surface area contributed by atoms with E-state index in [4.69, 9.17) is 23.7 Å². The Kier molecular flexibility index (Phi) is 7.68. The van der Waals surface area contributed by atoms with Crippen LogP contribution in [0.15, 0.2) is 30.3 Å². The molecule has 1 aromatic rings. The van der Waals surface area contributed by atoms with E-state index in [-0.39, 0.29) is 5.56 Å². The van der Waals surface area contributed by atoms with Crippen LogP contribution in [0.25, 0.3) is 0 Å². The van der Waals surface area contributed by atoms with Gasteiger partial charge in [-0.25, -0.2) is 4.79 Å². The number of rotatable bonds is 7. The summed E-state index contributed by atoms with van der Waals surface area (Å²) in [6.07, 6.45) is -6.75. The van der Waals surface area contributed by atoms with Crippen molar-refractivity contribution in [2.45, 2.75) is 51.5 Å². The summed E-state index contributed by atoms with van der Waals surface area (Å²) in [7, 11) is 0. The van der Waals surface area contributed by atoms with Gasteiger partial charge < -0.3 is 28.8 Å². The molecule has 10 nitrogen and oxygen atoms in total. The summed E-state index contributed by atoms with van der Waals surface area (Å²) in [6.45, 7) is 2.90. The minimum Gasteiger partial charge on any atom is -0.458 e. The molecule has 1 aliphatic heterocycles. The molecule has 0 amide bonds. The maximum absolute atomic E-state index is 12.2. The van der Waals surface area contributed by atoms with Gasteiger partial charge in [-0.05, 0) is 12.1 Å². The average molecular weight is 410 g/mol. The lowest BCUT2D eigenvalue weighted by Gasteiger charge is -2.27. The molecule has 1 saturated heterocycles. The van der Waals surface area contributed by atoms with Crippen LogP contribution in [-0.2, 0) is 38.1 Å². The first-order valence-corrected chi connectivity index (χ1v) is 8.76. The van der Waals surface area contributed by atoms with E-state index in [1.54, 1.807) is 18.2 Å². The predicted octanol–water partition coefficient (Wildman–Crippen LogP) is 0.356. The zero-order chi connectivity index (χ0) is 21.6. The molecular formula is C19H22O10. The van der Waals surface area contributed by atoms with Crippen LogP contribution in [0.5, 0.6) is 0 Å². The topological polar surface area (TPSA) is 135 Å². The Morgan fingerprint density at radius 1 is 0.966 bits per heavy atom. The zero-order valence-corrected chi connectivity index (χ0v) is 16.1. The smallest absolute Gasteiger partial charge is 0.338 e. The number of carbonyl (C=O) groups excluding carboxylic acids is 4. The molecule has 0 aliphatic carbocycles. The van der Waals surface area contributed by atoms with E-state index >= 15 is 0 Å². The maximum atomic E-state index is 12.2. The minimum absolute atomic E-state index is 0.274. The van der Waals surface area contributed by atoms with Crippen molar-refractivity contribution in [2.24, 2.45) is 0 Å². The van der Waals surface area contributed by atoms with Gasteiger partial charge in [0.25, 0.3) is 0 Å². The maximum Gasteiger partial charge on any atom is 0.338 e. The summed E-state index contributed by atoms with van der Waals surface area (Å²) in [4.78, 5) is 46.5. The molecule has 1 aliphatic rings. The molecule has 0 saturated carbocycles. The van der Waals surface area contributed by atoms with Gasteiger partial charge in [-0.15, -0.1) is 0 Å². The van der Waals surface area contributed by atoms with Crippen molar-refractivity contribution in [1.29, 1.82) is 0 Å². The van der Waals surface area contributed by atoms with Gasteiger partial charge in [-0.1, -0.05) is 18.2 Å². The minimum atomic E-state index is -1.64. The Morgan fingerprint density at radius 2 is 1.55 bits per heavy atom. The van der Waals surface area contributed by atoms with E-state index < -0.39 is 61.2 Å². The van der Waals surface area contributed by atoms with Crippen molar-refractivity contribution in [3.8, 4) is 0 Å². The molecule has 0 aromatic heterocycles. The molecule has 0 radical (unpaired) electrons. The number of benzene rings is 1. The summed E-state index contributed by atoms with van der Waals surface area (Å²) in [5.74, 6) is -2.88. The van der Waals surface area contributed by atoms with Gasteiger partial charge in [0.15, 0.2) is 24.6 Å². The second-order valence-corrected chi connectivity index (χ2v) is 6.25. The fraction of sp³-hybridized carbons (Fsp3) is 0.474. The van der Waals surface area contributed by atoms with Gasteiger partial charge in [0, 0.05) is 20.8 Å². The normalized spacial score (nSPS) is 24.3. The number of hydrogen-bond donors (Lipinski definition) is 1. The summed E-state index contributed by atoms with van der Waals surface area (Å²) >= 11 is 0. The van der Waals surface area contributed by atoms with Crippen molar-refractivity contribution in [3.05, 3.63) is 35.9 Å². The first-order valence-electron chi connectivity index (χ1n) is 8.76. The number of aliphatic hydroxyl groups excluding tert-OH is 1. The third kappa shape index (κ3) is 6.26. The molecule has 0 spiro atoms. The van der Waals surface area contributed by atoms with E-state index in [1.165, 1.54) is 12.1 Å². The Balaban J connectivity index is 2.19. The van der Waals surface area contributed by atoms with Crippen molar-refractivity contribution in [1.82, 2.24) is 0 Å². The second-order valence-electron chi connectivity index (χ2n) is 6.25. The van der Waals surface area contributed by atoms with Crippen molar-refractivity contribution < 1.29 is 48.0 Å². The van der Waals surface area contributed by atoms with Crippen LogP contribution >= 0.6 is 0 Å². The quantitative estimate of drug-likeness (QED) is 0.496. The van der Waals surface area contributed by atoms with E-state index in [2.05, 4.69) is 0 Å². The van der Waals surface area contributed by atoms with Crippen LogP contribution in [0.2, 0.25) is 0 Å². The fourth-order valence-electron chi connectivity index (χ4n) is 2.83. The highest BCUT2D eigenvalue weighted by Crippen LogP contribution is 2.29. The summed E-state index contributed by atoms with van der Waals surface area (Å²) in [5.41, 5.74) is 0.274. The van der Waals surface area contributed by atoms with Crippen molar-refractivity contribution in [2.75, 3.05) is 6.61 Å². The molecule has 10 heteroatoms. The SMILES string of the molecule is CC(=O)O[C@H]1[C@@H]([C@@H](COC(=O)c2ccccc2)OC(C)=O)OC(O)[C@@H]1OC(C)=O. The van der Waals surface area contributed by atoms with Crippen molar-refractivity contribution in [3.63, 3.8) is 0 Å². The van der Waals surface area contributed by atoms with Crippen LogP contribution in [0, 0.1) is 0 Å². The molecule has 0 bridgehead atoms. The number of ether oxygens (including phenoxy) is 5. The first kappa shape index (κ1) is 22.3. The lowest BCUT2D eigenvalue weighted by atomic mass is 10.1. The van der Waals surface area contributed by atoms with Gasteiger partial charge >= 0.3 is 23.9 Å². The van der Waals surface area contributed by atoms with Crippen LogP contribution in [0.1, 0.15) is 31.1 Å². The third-order valence-electron chi connectivity index (χ3n) is 3.90. The molecular weight excluding hydrogens is 388 g/mol. The molecule has 1 N–H and O–H groups in total. The number of hydrogen-bond acceptors (Lipinski definition) is 10. The standard InChI is InChI=1S/C19H22O10/c1-10(20)26-14(9-25-18(23)13-7-5-4-6-8-13)15-16(27-11(2)21)17(19(24)29-15)28-12(3)22/h4-8,14-17,19,24H,9H2,1-3H3/t14-,15-,16+,17-,19?/m1/s1. The molecule has 1 heterocycles. The molecule has 2 rings (SSSR count). The molecule has 1 fully saturated rings. The van der Waals surface area contributed by atoms with E-state index in [9.17, 15) is 24.3 Å². The summed E-state index contributed by atoms with van der Waals surface area (Å²) in [5, 5.41) is 10.1. The second kappa shape index (κ2) is 9.99. The molecule has 158 valence electrons. The summed E-state index contributed by atoms with van der Waals surface area (Å²) < 4.78 is 25.8. The van der Waals surface area contributed by atoms with Crippen LogP contribution in [-0.4, -0.2) is 66.3 Å². The highest BCUT2D eigenvalue weighted by Gasteiger charge is 2.53. The van der Waals surface area contributed by atoms with Gasteiger partial charge in [-0.3, -0.25) is 14.4 Å². The van der Waals surface area contributed by atoms with Gasteiger partial charge in [0.05, 0.1) is 5.56 Å². The largest absolute Gasteiger partial charge is 0.458 e. The van der Waals surface area contributed by atoms with E-state index in [1.807, 2.05) is 0 Å². The van der Waals surface area contributed by atoms with Crippen LogP contribution < -0.4 is 0 Å². The highest BCUT2D eigenvalue weighted by atomic mass is 16.7. The van der Waals surface area contributed by atoms with Gasteiger partial charge in [0.1, 0.15) is 12.7 Å². The molecule has 1 aromatic carbocycles. The average Bonchev–Trinajstić information content (AvgIpc) is 2.93.